The number of carbonyl (C=O) groups excluding carboxylic acids is 1. The van der Waals surface area contributed by atoms with Crippen LogP contribution in [0.15, 0.2) is 23.1 Å². The van der Waals surface area contributed by atoms with Gasteiger partial charge in [-0.1, -0.05) is 13.8 Å². The highest BCUT2D eigenvalue weighted by molar-refractivity contribution is 7.89. The molecule has 1 aliphatic heterocycles. The summed E-state index contributed by atoms with van der Waals surface area (Å²) in [6.45, 7) is 5.46. The van der Waals surface area contributed by atoms with E-state index in [2.05, 4.69) is 0 Å². The first-order chi connectivity index (χ1) is 11.6. The van der Waals surface area contributed by atoms with Crippen molar-refractivity contribution in [3.8, 4) is 0 Å². The van der Waals surface area contributed by atoms with Gasteiger partial charge in [0, 0.05) is 26.7 Å². The number of rotatable bonds is 6. The summed E-state index contributed by atoms with van der Waals surface area (Å²) < 4.78 is 40.8. The van der Waals surface area contributed by atoms with Crippen LogP contribution in [0.1, 0.15) is 37.0 Å². The van der Waals surface area contributed by atoms with Gasteiger partial charge in [0.15, 0.2) is 0 Å². The van der Waals surface area contributed by atoms with E-state index in [0.717, 1.165) is 23.2 Å². The van der Waals surface area contributed by atoms with Gasteiger partial charge in [-0.2, -0.15) is 0 Å². The molecule has 0 atom stereocenters. The zero-order valence-corrected chi connectivity index (χ0v) is 15.8. The molecule has 1 heterocycles. The van der Waals surface area contributed by atoms with Crippen LogP contribution in [0.2, 0.25) is 0 Å². The molecule has 0 saturated carbocycles. The molecular formula is C17H26FN3O3S. The Kier molecular flexibility index (Phi) is 5.86. The fourth-order valence-corrected chi connectivity index (χ4v) is 4.22. The predicted octanol–water partition coefficient (Wildman–Crippen LogP) is 1.67. The van der Waals surface area contributed by atoms with Crippen LogP contribution in [-0.4, -0.2) is 56.8 Å². The third-order valence-electron chi connectivity index (χ3n) is 4.48. The molecule has 0 aromatic heterocycles. The lowest BCUT2D eigenvalue weighted by molar-refractivity contribution is 0.0788. The molecule has 0 bridgehead atoms. The molecule has 1 saturated heterocycles. The van der Waals surface area contributed by atoms with E-state index in [4.69, 9.17) is 5.73 Å². The lowest BCUT2D eigenvalue weighted by Gasteiger charge is -2.28. The first-order valence-electron chi connectivity index (χ1n) is 8.34. The molecule has 0 aliphatic carbocycles. The van der Waals surface area contributed by atoms with Crippen LogP contribution in [0, 0.1) is 11.2 Å². The van der Waals surface area contributed by atoms with Gasteiger partial charge in [-0.05, 0) is 43.0 Å². The predicted molar refractivity (Wildman–Crippen MR) is 94.2 cm³/mol. The lowest BCUT2D eigenvalue weighted by Crippen LogP contribution is -2.39. The second-order valence-corrected chi connectivity index (χ2v) is 9.32. The highest BCUT2D eigenvalue weighted by Crippen LogP contribution is 2.23. The van der Waals surface area contributed by atoms with Gasteiger partial charge in [-0.15, -0.1) is 0 Å². The third kappa shape index (κ3) is 4.37. The van der Waals surface area contributed by atoms with Crippen molar-refractivity contribution >= 4 is 15.9 Å². The highest BCUT2D eigenvalue weighted by atomic mass is 32.2. The van der Waals surface area contributed by atoms with Gasteiger partial charge in [0.25, 0.3) is 5.91 Å². The summed E-state index contributed by atoms with van der Waals surface area (Å²) in [5.41, 5.74) is 5.16. The van der Waals surface area contributed by atoms with Crippen molar-refractivity contribution in [1.29, 1.82) is 0 Å². The number of sulfonamides is 1. The molecular weight excluding hydrogens is 345 g/mol. The number of benzene rings is 1. The van der Waals surface area contributed by atoms with Crippen molar-refractivity contribution in [2.24, 2.45) is 11.1 Å². The van der Waals surface area contributed by atoms with E-state index >= 15 is 0 Å². The Morgan fingerprint density at radius 2 is 1.92 bits per heavy atom. The zero-order chi connectivity index (χ0) is 18.8. The minimum Gasteiger partial charge on any atom is -0.339 e. The Morgan fingerprint density at radius 3 is 2.44 bits per heavy atom. The maximum Gasteiger partial charge on any atom is 0.256 e. The molecule has 1 aromatic carbocycles. The SMILES string of the molecule is CN(CC(C)(C)CN)S(=O)(=O)c1ccc(C(=O)N2CCCC2)c(F)c1. The van der Waals surface area contributed by atoms with Crippen molar-refractivity contribution < 1.29 is 17.6 Å². The Bertz CT molecular complexity index is 744. The van der Waals surface area contributed by atoms with Crippen molar-refractivity contribution in [3.63, 3.8) is 0 Å². The average Bonchev–Trinajstić information content (AvgIpc) is 3.08. The molecule has 1 aromatic rings. The van der Waals surface area contributed by atoms with E-state index in [0.29, 0.717) is 19.6 Å². The Labute approximate surface area is 148 Å². The van der Waals surface area contributed by atoms with E-state index in [1.165, 1.54) is 19.2 Å². The van der Waals surface area contributed by atoms with Crippen LogP contribution in [0.4, 0.5) is 4.39 Å². The molecule has 6 nitrogen and oxygen atoms in total. The first kappa shape index (κ1) is 19.8. The van der Waals surface area contributed by atoms with E-state index in [1.54, 1.807) is 4.90 Å². The van der Waals surface area contributed by atoms with Gasteiger partial charge in [-0.25, -0.2) is 17.1 Å². The number of hydrogen-bond donors (Lipinski definition) is 1. The minimum atomic E-state index is -3.85. The molecule has 1 amide bonds. The van der Waals surface area contributed by atoms with E-state index in [-0.39, 0.29) is 17.0 Å². The van der Waals surface area contributed by atoms with Gasteiger partial charge >= 0.3 is 0 Å². The normalized spacial score (nSPS) is 15.8. The summed E-state index contributed by atoms with van der Waals surface area (Å²) in [6, 6.07) is 3.46. The molecule has 140 valence electrons. The van der Waals surface area contributed by atoms with Crippen LogP contribution in [0.25, 0.3) is 0 Å². The molecule has 0 spiro atoms. The maximum absolute atomic E-state index is 14.4. The standard InChI is InChI=1S/C17H26FN3O3S/c1-17(2,11-19)12-20(3)25(23,24)13-6-7-14(15(18)10-13)16(22)21-8-4-5-9-21/h6-7,10H,4-5,8-9,11-12,19H2,1-3H3. The van der Waals surface area contributed by atoms with Gasteiger partial charge < -0.3 is 10.6 Å². The second kappa shape index (κ2) is 7.39. The summed E-state index contributed by atoms with van der Waals surface area (Å²) in [5.74, 6) is -1.21. The number of halogens is 1. The number of hydrogen-bond acceptors (Lipinski definition) is 4. The number of amides is 1. The number of nitrogens with two attached hydrogens (primary N) is 1. The van der Waals surface area contributed by atoms with Gasteiger partial charge in [-0.3, -0.25) is 4.79 Å². The number of nitrogens with zero attached hydrogens (tertiary/aromatic N) is 2. The van der Waals surface area contributed by atoms with Crippen molar-refractivity contribution in [1.82, 2.24) is 9.21 Å². The molecule has 0 radical (unpaired) electrons. The number of likely N-dealkylation sites (tertiary alicyclic amines) is 1. The summed E-state index contributed by atoms with van der Waals surface area (Å²) in [5, 5.41) is 0. The summed E-state index contributed by atoms with van der Waals surface area (Å²) in [4.78, 5) is 13.7. The molecule has 0 unspecified atom stereocenters. The largest absolute Gasteiger partial charge is 0.339 e. The van der Waals surface area contributed by atoms with Crippen molar-refractivity contribution in [3.05, 3.63) is 29.6 Å². The topological polar surface area (TPSA) is 83.7 Å². The van der Waals surface area contributed by atoms with E-state index < -0.39 is 27.2 Å². The van der Waals surface area contributed by atoms with Crippen molar-refractivity contribution in [2.75, 3.05) is 33.2 Å². The summed E-state index contributed by atoms with van der Waals surface area (Å²) >= 11 is 0. The molecule has 8 heteroatoms. The molecule has 1 fully saturated rings. The minimum absolute atomic E-state index is 0.0919. The zero-order valence-electron chi connectivity index (χ0n) is 15.0. The summed E-state index contributed by atoms with van der Waals surface area (Å²) in [7, 11) is -2.41. The van der Waals surface area contributed by atoms with Crippen LogP contribution in [0.5, 0.6) is 0 Å². The lowest BCUT2D eigenvalue weighted by atomic mass is 9.94. The molecule has 1 aliphatic rings. The van der Waals surface area contributed by atoms with E-state index in [9.17, 15) is 17.6 Å². The molecule has 2 rings (SSSR count). The Balaban J connectivity index is 2.25. The third-order valence-corrected chi connectivity index (χ3v) is 6.28. The summed E-state index contributed by atoms with van der Waals surface area (Å²) in [6.07, 6.45) is 1.81. The van der Waals surface area contributed by atoms with Crippen LogP contribution in [-0.2, 0) is 10.0 Å². The Morgan fingerprint density at radius 1 is 1.32 bits per heavy atom. The van der Waals surface area contributed by atoms with Crippen LogP contribution in [0.3, 0.4) is 0 Å². The van der Waals surface area contributed by atoms with Crippen molar-refractivity contribution in [2.45, 2.75) is 31.6 Å². The Hall–Kier alpha value is -1.51. The fraction of sp³-hybridized carbons (Fsp3) is 0.588. The van der Waals surface area contributed by atoms with Gasteiger partial charge in [0.2, 0.25) is 10.0 Å². The average molecular weight is 371 g/mol. The monoisotopic (exact) mass is 371 g/mol. The number of carbonyl (C=O) groups is 1. The second-order valence-electron chi connectivity index (χ2n) is 7.27. The fourth-order valence-electron chi connectivity index (χ4n) is 2.85. The highest BCUT2D eigenvalue weighted by Gasteiger charge is 2.29. The van der Waals surface area contributed by atoms with Crippen LogP contribution >= 0.6 is 0 Å². The maximum atomic E-state index is 14.4. The molecule has 25 heavy (non-hydrogen) atoms. The smallest absolute Gasteiger partial charge is 0.256 e. The van der Waals surface area contributed by atoms with Gasteiger partial charge in [0.1, 0.15) is 5.82 Å². The van der Waals surface area contributed by atoms with E-state index in [1.807, 2.05) is 13.8 Å². The van der Waals surface area contributed by atoms with Crippen LogP contribution < -0.4 is 5.73 Å². The first-order valence-corrected chi connectivity index (χ1v) is 9.78. The molecule has 2 N–H and O–H groups in total. The quantitative estimate of drug-likeness (QED) is 0.824. The van der Waals surface area contributed by atoms with Gasteiger partial charge in [0.05, 0.1) is 10.5 Å².